The van der Waals surface area contributed by atoms with Crippen LogP contribution < -0.4 is 0 Å². The van der Waals surface area contributed by atoms with Crippen molar-refractivity contribution < 1.29 is 0 Å². The van der Waals surface area contributed by atoms with Crippen LogP contribution in [0.4, 0.5) is 0 Å². The highest BCUT2D eigenvalue weighted by Crippen LogP contribution is 2.33. The van der Waals surface area contributed by atoms with Gasteiger partial charge in [-0.2, -0.15) is 5.26 Å². The van der Waals surface area contributed by atoms with E-state index in [-0.39, 0.29) is 0 Å². The normalized spacial score (nSPS) is 17.1. The fourth-order valence-electron chi connectivity index (χ4n) is 1.71. The highest BCUT2D eigenvalue weighted by molar-refractivity contribution is 6.30. The molecular formula is C11H8ClN. The van der Waals surface area contributed by atoms with Gasteiger partial charge >= 0.3 is 0 Å². The Morgan fingerprint density at radius 1 is 1.38 bits per heavy atom. The monoisotopic (exact) mass is 189 g/mol. The largest absolute Gasteiger partial charge is 0.193 e. The first-order valence-corrected chi connectivity index (χ1v) is 4.56. The van der Waals surface area contributed by atoms with Crippen molar-refractivity contribution in [2.24, 2.45) is 0 Å². The molecule has 1 aliphatic carbocycles. The summed E-state index contributed by atoms with van der Waals surface area (Å²) in [7, 11) is 0. The summed E-state index contributed by atoms with van der Waals surface area (Å²) in [6.45, 7) is 0. The van der Waals surface area contributed by atoms with E-state index in [0.29, 0.717) is 0 Å². The van der Waals surface area contributed by atoms with E-state index in [1.165, 1.54) is 11.1 Å². The number of halogens is 1. The fraction of sp³-hybridized carbons (Fsp3) is 0.182. The molecule has 0 atom stereocenters. The molecule has 0 amide bonds. The van der Waals surface area contributed by atoms with E-state index >= 15 is 0 Å². The number of benzene rings is 1. The SMILES string of the molecule is N#C/C=C1\CCc2cc(Cl)ccc21. The van der Waals surface area contributed by atoms with Crippen LogP contribution in [0.2, 0.25) is 5.02 Å². The van der Waals surface area contributed by atoms with Gasteiger partial charge < -0.3 is 0 Å². The number of hydrogen-bond donors (Lipinski definition) is 0. The molecule has 1 aliphatic rings. The summed E-state index contributed by atoms with van der Waals surface area (Å²) in [5, 5.41) is 9.33. The van der Waals surface area contributed by atoms with Crippen LogP contribution in [0.25, 0.3) is 5.57 Å². The Labute approximate surface area is 82.3 Å². The van der Waals surface area contributed by atoms with E-state index in [4.69, 9.17) is 16.9 Å². The molecular weight excluding hydrogens is 182 g/mol. The van der Waals surface area contributed by atoms with E-state index in [1.54, 1.807) is 6.08 Å². The molecule has 0 saturated heterocycles. The van der Waals surface area contributed by atoms with Gasteiger partial charge in [-0.1, -0.05) is 17.7 Å². The summed E-state index contributed by atoms with van der Waals surface area (Å²) in [5.74, 6) is 0. The zero-order valence-electron chi connectivity index (χ0n) is 7.05. The molecule has 13 heavy (non-hydrogen) atoms. The second kappa shape index (κ2) is 3.24. The molecule has 2 heteroatoms. The molecule has 2 rings (SSSR count). The Bertz CT molecular complexity index is 413. The molecule has 0 heterocycles. The molecule has 0 saturated carbocycles. The van der Waals surface area contributed by atoms with Crippen LogP contribution >= 0.6 is 11.6 Å². The van der Waals surface area contributed by atoms with Crippen molar-refractivity contribution in [3.05, 3.63) is 40.4 Å². The quantitative estimate of drug-likeness (QED) is 0.575. The van der Waals surface area contributed by atoms with E-state index < -0.39 is 0 Å². The average Bonchev–Trinajstić information content (AvgIpc) is 2.49. The number of aryl methyl sites for hydroxylation is 1. The van der Waals surface area contributed by atoms with Crippen LogP contribution in [0.15, 0.2) is 24.3 Å². The molecule has 0 spiro atoms. The molecule has 1 aromatic carbocycles. The minimum Gasteiger partial charge on any atom is -0.193 e. The topological polar surface area (TPSA) is 23.8 Å². The van der Waals surface area contributed by atoms with Crippen LogP contribution in [0, 0.1) is 11.3 Å². The molecule has 0 aromatic heterocycles. The number of rotatable bonds is 0. The first-order chi connectivity index (χ1) is 6.31. The van der Waals surface area contributed by atoms with Crippen molar-refractivity contribution >= 4 is 17.2 Å². The molecule has 0 bridgehead atoms. The molecule has 1 aromatic rings. The highest BCUT2D eigenvalue weighted by Gasteiger charge is 2.15. The number of allylic oxidation sites excluding steroid dienone is 2. The Morgan fingerprint density at radius 2 is 2.23 bits per heavy atom. The van der Waals surface area contributed by atoms with Crippen molar-refractivity contribution in [2.45, 2.75) is 12.8 Å². The van der Waals surface area contributed by atoms with Gasteiger partial charge in [0.1, 0.15) is 0 Å². The third kappa shape index (κ3) is 1.46. The summed E-state index contributed by atoms with van der Waals surface area (Å²) in [5.41, 5.74) is 3.58. The first kappa shape index (κ1) is 8.34. The Hall–Kier alpha value is -1.26. The summed E-state index contributed by atoms with van der Waals surface area (Å²) >= 11 is 5.86. The van der Waals surface area contributed by atoms with Gasteiger partial charge in [-0.25, -0.2) is 0 Å². The molecule has 0 fully saturated rings. The summed E-state index contributed by atoms with van der Waals surface area (Å²) in [6.07, 6.45) is 3.59. The van der Waals surface area contributed by atoms with Crippen LogP contribution in [-0.2, 0) is 6.42 Å². The predicted octanol–water partition coefficient (Wildman–Crippen LogP) is 3.19. The summed E-state index contributed by atoms with van der Waals surface area (Å²) < 4.78 is 0. The lowest BCUT2D eigenvalue weighted by molar-refractivity contribution is 1.08. The molecule has 1 nitrogen and oxygen atoms in total. The Balaban J connectivity index is 2.51. The third-order valence-electron chi connectivity index (χ3n) is 2.32. The van der Waals surface area contributed by atoms with Gasteiger partial charge in [0.15, 0.2) is 0 Å². The number of fused-ring (bicyclic) bond motifs is 1. The smallest absolute Gasteiger partial charge is 0.0915 e. The van der Waals surface area contributed by atoms with Gasteiger partial charge in [0.05, 0.1) is 6.07 Å². The van der Waals surface area contributed by atoms with Gasteiger partial charge in [-0.3, -0.25) is 0 Å². The number of nitriles is 1. The first-order valence-electron chi connectivity index (χ1n) is 4.19. The maximum atomic E-state index is 8.55. The van der Waals surface area contributed by atoms with E-state index in [0.717, 1.165) is 23.4 Å². The van der Waals surface area contributed by atoms with Crippen molar-refractivity contribution in [1.82, 2.24) is 0 Å². The molecule has 0 radical (unpaired) electrons. The van der Waals surface area contributed by atoms with Gasteiger partial charge in [-0.05, 0) is 41.7 Å². The average molecular weight is 190 g/mol. The van der Waals surface area contributed by atoms with Crippen LogP contribution in [-0.4, -0.2) is 0 Å². The van der Waals surface area contributed by atoms with Crippen LogP contribution in [0.3, 0.4) is 0 Å². The molecule has 0 N–H and O–H groups in total. The summed E-state index contributed by atoms with van der Waals surface area (Å²) in [6, 6.07) is 7.92. The van der Waals surface area contributed by atoms with Gasteiger partial charge in [0, 0.05) is 11.1 Å². The van der Waals surface area contributed by atoms with Crippen molar-refractivity contribution in [3.8, 4) is 6.07 Å². The van der Waals surface area contributed by atoms with Gasteiger partial charge in [0.2, 0.25) is 0 Å². The third-order valence-corrected chi connectivity index (χ3v) is 2.55. The lowest BCUT2D eigenvalue weighted by atomic mass is 10.1. The standard InChI is InChI=1S/C11H8ClN/c12-10-3-4-11-8(5-6-13)1-2-9(11)7-10/h3-5,7H,1-2H2/b8-5+. The molecule has 0 aliphatic heterocycles. The molecule has 0 unspecified atom stereocenters. The van der Waals surface area contributed by atoms with Crippen LogP contribution in [0.1, 0.15) is 17.5 Å². The van der Waals surface area contributed by atoms with Crippen molar-refractivity contribution in [3.63, 3.8) is 0 Å². The lowest BCUT2D eigenvalue weighted by Gasteiger charge is -1.99. The minimum atomic E-state index is 0.775. The number of nitrogens with zero attached hydrogens (tertiary/aromatic N) is 1. The van der Waals surface area contributed by atoms with E-state index in [2.05, 4.69) is 6.07 Å². The maximum Gasteiger partial charge on any atom is 0.0915 e. The maximum absolute atomic E-state index is 8.55. The predicted molar refractivity (Wildman–Crippen MR) is 53.4 cm³/mol. The van der Waals surface area contributed by atoms with E-state index in [9.17, 15) is 0 Å². The summed E-state index contributed by atoms with van der Waals surface area (Å²) in [4.78, 5) is 0. The minimum absolute atomic E-state index is 0.775. The zero-order chi connectivity index (χ0) is 9.26. The zero-order valence-corrected chi connectivity index (χ0v) is 7.80. The lowest BCUT2D eigenvalue weighted by Crippen LogP contribution is -1.79. The fourth-order valence-corrected chi connectivity index (χ4v) is 1.91. The molecule has 64 valence electrons. The Kier molecular flexibility index (Phi) is 2.08. The van der Waals surface area contributed by atoms with E-state index in [1.807, 2.05) is 18.2 Å². The second-order valence-corrected chi connectivity index (χ2v) is 3.54. The highest BCUT2D eigenvalue weighted by atomic mass is 35.5. The van der Waals surface area contributed by atoms with Gasteiger partial charge in [-0.15, -0.1) is 0 Å². The number of hydrogen-bond acceptors (Lipinski definition) is 1. The van der Waals surface area contributed by atoms with Crippen molar-refractivity contribution in [1.29, 1.82) is 5.26 Å². The van der Waals surface area contributed by atoms with Gasteiger partial charge in [0.25, 0.3) is 0 Å². The Morgan fingerprint density at radius 3 is 3.00 bits per heavy atom. The van der Waals surface area contributed by atoms with Crippen LogP contribution in [0.5, 0.6) is 0 Å². The van der Waals surface area contributed by atoms with Crippen molar-refractivity contribution in [2.75, 3.05) is 0 Å². The second-order valence-electron chi connectivity index (χ2n) is 3.10.